The van der Waals surface area contributed by atoms with E-state index in [2.05, 4.69) is 10.3 Å². The summed E-state index contributed by atoms with van der Waals surface area (Å²) in [6, 6.07) is 11.0. The zero-order chi connectivity index (χ0) is 17.6. The molecule has 1 saturated carbocycles. The summed E-state index contributed by atoms with van der Waals surface area (Å²) in [5.41, 5.74) is 7.45. The molecule has 0 spiro atoms. The van der Waals surface area contributed by atoms with Crippen LogP contribution in [-0.4, -0.2) is 16.9 Å². The SMILES string of the molecule is NC1CCCC(C(=O)Nc2ccc(OCc3ccccn3)c(Cl)c2)C1. The van der Waals surface area contributed by atoms with Crippen molar-refractivity contribution in [2.75, 3.05) is 5.32 Å². The van der Waals surface area contributed by atoms with Gasteiger partial charge in [0.1, 0.15) is 12.4 Å². The van der Waals surface area contributed by atoms with Crippen LogP contribution in [0.5, 0.6) is 5.75 Å². The van der Waals surface area contributed by atoms with Gasteiger partial charge in [-0.05, 0) is 49.6 Å². The molecule has 1 aliphatic rings. The molecule has 6 heteroatoms. The van der Waals surface area contributed by atoms with Gasteiger partial charge < -0.3 is 15.8 Å². The third-order valence-electron chi connectivity index (χ3n) is 4.39. The number of halogens is 1. The first-order valence-corrected chi connectivity index (χ1v) is 8.88. The van der Waals surface area contributed by atoms with E-state index in [0.29, 0.717) is 23.1 Å². The van der Waals surface area contributed by atoms with Crippen molar-refractivity contribution in [3.63, 3.8) is 0 Å². The normalized spacial score (nSPS) is 20.1. The van der Waals surface area contributed by atoms with E-state index in [9.17, 15) is 4.79 Å². The molecule has 25 heavy (non-hydrogen) atoms. The number of nitrogens with two attached hydrogens (primary N) is 1. The van der Waals surface area contributed by atoms with Crippen molar-refractivity contribution < 1.29 is 9.53 Å². The standard InChI is InChI=1S/C19H22ClN3O2/c20-17-11-15(23-19(24)13-4-3-5-14(21)10-13)7-8-18(17)25-12-16-6-1-2-9-22-16/h1-2,6-9,11,13-14H,3-5,10,12,21H2,(H,23,24). The molecule has 1 aromatic heterocycles. The second-order valence-corrected chi connectivity index (χ2v) is 6.78. The maximum absolute atomic E-state index is 12.4. The molecule has 1 heterocycles. The second kappa shape index (κ2) is 8.32. The molecule has 1 aromatic carbocycles. The number of hydrogen-bond acceptors (Lipinski definition) is 4. The Kier molecular flexibility index (Phi) is 5.89. The molecule has 3 rings (SSSR count). The lowest BCUT2D eigenvalue weighted by atomic mass is 9.85. The fourth-order valence-electron chi connectivity index (χ4n) is 3.04. The quantitative estimate of drug-likeness (QED) is 0.851. The maximum atomic E-state index is 12.4. The molecular formula is C19H22ClN3O2. The van der Waals surface area contributed by atoms with Gasteiger partial charge in [-0.15, -0.1) is 0 Å². The fraction of sp³-hybridized carbons (Fsp3) is 0.368. The first-order valence-electron chi connectivity index (χ1n) is 8.50. The number of ether oxygens (including phenoxy) is 1. The summed E-state index contributed by atoms with van der Waals surface area (Å²) in [4.78, 5) is 16.6. The second-order valence-electron chi connectivity index (χ2n) is 6.37. The fourth-order valence-corrected chi connectivity index (χ4v) is 3.28. The highest BCUT2D eigenvalue weighted by molar-refractivity contribution is 6.32. The van der Waals surface area contributed by atoms with Crippen molar-refractivity contribution in [1.29, 1.82) is 0 Å². The average molecular weight is 360 g/mol. The van der Waals surface area contributed by atoms with E-state index in [0.717, 1.165) is 31.4 Å². The summed E-state index contributed by atoms with van der Waals surface area (Å²) >= 11 is 6.27. The number of hydrogen-bond donors (Lipinski definition) is 2. The van der Waals surface area contributed by atoms with Crippen LogP contribution in [0, 0.1) is 5.92 Å². The summed E-state index contributed by atoms with van der Waals surface area (Å²) in [6.45, 7) is 0.340. The molecule has 132 valence electrons. The Morgan fingerprint density at radius 3 is 2.92 bits per heavy atom. The van der Waals surface area contributed by atoms with Crippen molar-refractivity contribution >= 4 is 23.2 Å². The van der Waals surface area contributed by atoms with Crippen molar-refractivity contribution in [1.82, 2.24) is 4.98 Å². The lowest BCUT2D eigenvalue weighted by molar-refractivity contribution is -0.120. The number of carbonyl (C=O) groups excluding carboxylic acids is 1. The first-order chi connectivity index (χ1) is 12.1. The number of nitrogens with zero attached hydrogens (tertiary/aromatic N) is 1. The molecule has 2 aromatic rings. The summed E-state index contributed by atoms with van der Waals surface area (Å²) in [7, 11) is 0. The summed E-state index contributed by atoms with van der Waals surface area (Å²) in [5, 5.41) is 3.38. The predicted octanol–water partition coefficient (Wildman–Crippen LogP) is 3.77. The highest BCUT2D eigenvalue weighted by Gasteiger charge is 2.25. The molecule has 0 saturated heterocycles. The van der Waals surface area contributed by atoms with E-state index < -0.39 is 0 Å². The Bertz CT molecular complexity index is 724. The van der Waals surface area contributed by atoms with Gasteiger partial charge in [0.2, 0.25) is 5.91 Å². The minimum Gasteiger partial charge on any atom is -0.486 e. The Hall–Kier alpha value is -2.11. The van der Waals surface area contributed by atoms with Crippen LogP contribution in [0.4, 0.5) is 5.69 Å². The average Bonchev–Trinajstić information content (AvgIpc) is 2.62. The van der Waals surface area contributed by atoms with Gasteiger partial charge in [0.05, 0.1) is 10.7 Å². The Labute approximate surface area is 152 Å². The molecule has 3 N–H and O–H groups in total. The van der Waals surface area contributed by atoms with Crippen LogP contribution < -0.4 is 15.8 Å². The van der Waals surface area contributed by atoms with Gasteiger partial charge in [-0.3, -0.25) is 9.78 Å². The molecule has 2 atom stereocenters. The van der Waals surface area contributed by atoms with E-state index >= 15 is 0 Å². The predicted molar refractivity (Wildman–Crippen MR) is 98.6 cm³/mol. The minimum atomic E-state index is -0.0254. The van der Waals surface area contributed by atoms with E-state index in [-0.39, 0.29) is 17.9 Å². The lowest BCUT2D eigenvalue weighted by Gasteiger charge is -2.25. The molecule has 1 amide bonds. The maximum Gasteiger partial charge on any atom is 0.227 e. The number of amides is 1. The van der Waals surface area contributed by atoms with Crippen LogP contribution in [0.1, 0.15) is 31.4 Å². The van der Waals surface area contributed by atoms with Crippen molar-refractivity contribution in [3.8, 4) is 5.75 Å². The monoisotopic (exact) mass is 359 g/mol. The highest BCUT2D eigenvalue weighted by atomic mass is 35.5. The van der Waals surface area contributed by atoms with Crippen molar-refractivity contribution in [2.24, 2.45) is 11.7 Å². The largest absolute Gasteiger partial charge is 0.486 e. The smallest absolute Gasteiger partial charge is 0.227 e. The van der Waals surface area contributed by atoms with Crippen LogP contribution in [0.15, 0.2) is 42.6 Å². The van der Waals surface area contributed by atoms with Gasteiger partial charge in [-0.2, -0.15) is 0 Å². The van der Waals surface area contributed by atoms with Crippen LogP contribution in [-0.2, 0) is 11.4 Å². The number of pyridine rings is 1. The number of carbonyl (C=O) groups is 1. The lowest BCUT2D eigenvalue weighted by Crippen LogP contribution is -2.34. The molecule has 1 fully saturated rings. The number of anilines is 1. The summed E-state index contributed by atoms with van der Waals surface area (Å²) < 4.78 is 5.69. The third kappa shape index (κ3) is 4.94. The number of aromatic nitrogens is 1. The molecule has 0 radical (unpaired) electrons. The van der Waals surface area contributed by atoms with Crippen molar-refractivity contribution in [2.45, 2.75) is 38.3 Å². The topological polar surface area (TPSA) is 77.2 Å². The number of rotatable bonds is 5. The molecule has 2 unspecified atom stereocenters. The van der Waals surface area contributed by atoms with Crippen LogP contribution in [0.25, 0.3) is 0 Å². The Morgan fingerprint density at radius 1 is 1.32 bits per heavy atom. The Balaban J connectivity index is 1.58. The molecule has 0 bridgehead atoms. The molecule has 0 aliphatic heterocycles. The zero-order valence-electron chi connectivity index (χ0n) is 14.0. The summed E-state index contributed by atoms with van der Waals surface area (Å²) in [5.74, 6) is 0.543. The highest BCUT2D eigenvalue weighted by Crippen LogP contribution is 2.29. The van der Waals surface area contributed by atoms with Gasteiger partial charge in [-0.25, -0.2) is 0 Å². The van der Waals surface area contributed by atoms with E-state index in [4.69, 9.17) is 22.1 Å². The van der Waals surface area contributed by atoms with Gasteiger partial charge in [0, 0.05) is 23.8 Å². The number of nitrogens with one attached hydrogen (secondary N) is 1. The number of benzene rings is 1. The van der Waals surface area contributed by atoms with Gasteiger partial charge in [0.25, 0.3) is 0 Å². The molecule has 5 nitrogen and oxygen atoms in total. The van der Waals surface area contributed by atoms with Crippen LogP contribution in [0.2, 0.25) is 5.02 Å². The zero-order valence-corrected chi connectivity index (χ0v) is 14.7. The van der Waals surface area contributed by atoms with E-state index in [1.165, 1.54) is 0 Å². The van der Waals surface area contributed by atoms with E-state index in [1.807, 2.05) is 18.2 Å². The van der Waals surface area contributed by atoms with Gasteiger partial charge in [-0.1, -0.05) is 24.1 Å². The summed E-state index contributed by atoms with van der Waals surface area (Å²) in [6.07, 6.45) is 5.34. The Morgan fingerprint density at radius 2 is 2.20 bits per heavy atom. The first kappa shape index (κ1) is 17.7. The van der Waals surface area contributed by atoms with Crippen molar-refractivity contribution in [3.05, 3.63) is 53.3 Å². The van der Waals surface area contributed by atoms with Gasteiger partial charge in [0.15, 0.2) is 0 Å². The van der Waals surface area contributed by atoms with Gasteiger partial charge >= 0.3 is 0 Å². The minimum absolute atomic E-state index is 0.00775. The third-order valence-corrected chi connectivity index (χ3v) is 4.68. The van der Waals surface area contributed by atoms with Crippen LogP contribution in [0.3, 0.4) is 0 Å². The molecule has 1 aliphatic carbocycles. The van der Waals surface area contributed by atoms with Crippen LogP contribution >= 0.6 is 11.6 Å². The van der Waals surface area contributed by atoms with E-state index in [1.54, 1.807) is 24.4 Å². The molecular weight excluding hydrogens is 338 g/mol.